The van der Waals surface area contributed by atoms with Gasteiger partial charge in [-0.1, -0.05) is 6.92 Å². The molecular weight excluding hydrogens is 197 g/mol. The molecule has 0 spiro atoms. The average Bonchev–Trinajstić information content (AvgIpc) is 1.85. The van der Waals surface area contributed by atoms with E-state index in [2.05, 4.69) is 0 Å². The molecule has 0 radical (unpaired) electrons. The molecule has 0 aliphatic heterocycles. The smallest absolute Gasteiger partial charge is 0.740 e. The van der Waals surface area contributed by atoms with E-state index >= 15 is 0 Å². The summed E-state index contributed by atoms with van der Waals surface area (Å²) in [6.45, 7) is 1.42. The summed E-state index contributed by atoms with van der Waals surface area (Å²) in [5.41, 5.74) is 0. The molecule has 0 fully saturated rings. The van der Waals surface area contributed by atoms with Crippen molar-refractivity contribution in [1.82, 2.24) is 5.32 Å². The Kier molecular flexibility index (Phi) is 6.86. The van der Waals surface area contributed by atoms with Crippen LogP contribution >= 0.6 is 0 Å². The third-order valence-electron chi connectivity index (χ3n) is 0.790. The van der Waals surface area contributed by atoms with Gasteiger partial charge in [0, 0.05) is 6.42 Å². The van der Waals surface area contributed by atoms with Crippen LogP contribution in [0.3, 0.4) is 0 Å². The SMILES string of the molecule is CCC(=O)NC(=O)S(=O)(=O)[O-].[Na+]. The Balaban J connectivity index is 0. The molecule has 0 heterocycles. The van der Waals surface area contributed by atoms with Gasteiger partial charge in [0.1, 0.15) is 0 Å². The van der Waals surface area contributed by atoms with Gasteiger partial charge in [-0.25, -0.2) is 8.42 Å². The molecule has 0 saturated carbocycles. The maximum Gasteiger partial charge on any atom is 1.00 e. The van der Waals surface area contributed by atoms with Crippen molar-refractivity contribution < 1.29 is 52.1 Å². The van der Waals surface area contributed by atoms with Gasteiger partial charge in [-0.3, -0.25) is 14.9 Å². The summed E-state index contributed by atoms with van der Waals surface area (Å²) in [5.74, 6) is -0.797. The molecule has 0 aromatic carbocycles. The Bertz CT molecular complexity index is 271. The molecule has 64 valence electrons. The van der Waals surface area contributed by atoms with Gasteiger partial charge in [0.25, 0.3) is 0 Å². The summed E-state index contributed by atoms with van der Waals surface area (Å²) >= 11 is 0. The molecule has 0 atom stereocenters. The number of carbonyl (C=O) groups excluding carboxylic acids is 2. The fourth-order valence-electron chi connectivity index (χ4n) is 0.265. The van der Waals surface area contributed by atoms with Gasteiger partial charge >= 0.3 is 34.8 Å². The van der Waals surface area contributed by atoms with E-state index in [4.69, 9.17) is 0 Å². The van der Waals surface area contributed by atoms with Gasteiger partial charge in [0.2, 0.25) is 5.91 Å². The largest absolute Gasteiger partial charge is 1.00 e. The fraction of sp³-hybridized carbons (Fsp3) is 0.500. The van der Waals surface area contributed by atoms with Crippen LogP contribution in [0.1, 0.15) is 13.3 Å². The van der Waals surface area contributed by atoms with E-state index in [1.165, 1.54) is 12.2 Å². The standard InChI is InChI=1S/C4H7NO5S.Na/c1-2-3(6)5-4(7)11(8,9)10;/h2H2,1H3,(H,5,6,7)(H,8,9,10);/q;+1/p-1. The zero-order valence-corrected chi connectivity index (χ0v) is 9.47. The normalized spacial score (nSPS) is 9.83. The first-order valence-electron chi connectivity index (χ1n) is 2.67. The minimum absolute atomic E-state index is 0. The molecule has 8 heteroatoms. The number of nitrogens with one attached hydrogen (secondary N) is 1. The molecule has 12 heavy (non-hydrogen) atoms. The van der Waals surface area contributed by atoms with E-state index in [-0.39, 0.29) is 36.0 Å². The van der Waals surface area contributed by atoms with Gasteiger partial charge < -0.3 is 4.55 Å². The summed E-state index contributed by atoms with van der Waals surface area (Å²) in [4.78, 5) is 20.5. The molecule has 0 aromatic heterocycles. The Labute approximate surface area is 91.7 Å². The van der Waals surface area contributed by atoms with Crippen LogP contribution < -0.4 is 34.9 Å². The van der Waals surface area contributed by atoms with Crippen LogP contribution in [0.5, 0.6) is 0 Å². The number of hydrogen-bond acceptors (Lipinski definition) is 5. The van der Waals surface area contributed by atoms with Crippen LogP contribution in [0.15, 0.2) is 0 Å². The maximum atomic E-state index is 10.3. The summed E-state index contributed by atoms with van der Waals surface area (Å²) < 4.78 is 29.6. The van der Waals surface area contributed by atoms with Crippen LogP contribution in [-0.4, -0.2) is 24.1 Å². The van der Waals surface area contributed by atoms with Crippen molar-refractivity contribution in [1.29, 1.82) is 0 Å². The molecule has 0 aliphatic rings. The predicted molar refractivity (Wildman–Crippen MR) is 33.5 cm³/mol. The average molecular weight is 203 g/mol. The van der Waals surface area contributed by atoms with Crippen molar-refractivity contribution >= 4 is 21.3 Å². The van der Waals surface area contributed by atoms with Crippen molar-refractivity contribution in [3.63, 3.8) is 0 Å². The van der Waals surface area contributed by atoms with Crippen LogP contribution in [0.25, 0.3) is 0 Å². The molecule has 0 unspecified atom stereocenters. The minimum atomic E-state index is -5.03. The second kappa shape index (κ2) is 5.65. The molecule has 0 saturated heterocycles. The first kappa shape index (κ1) is 14.6. The summed E-state index contributed by atoms with van der Waals surface area (Å²) in [6.07, 6.45) is -0.0543. The van der Waals surface area contributed by atoms with E-state index in [9.17, 15) is 22.6 Å². The van der Waals surface area contributed by atoms with Crippen molar-refractivity contribution in [3.05, 3.63) is 0 Å². The third-order valence-corrected chi connectivity index (χ3v) is 1.35. The molecule has 6 nitrogen and oxygen atoms in total. The Morgan fingerprint density at radius 2 is 1.83 bits per heavy atom. The van der Waals surface area contributed by atoms with Gasteiger partial charge in [0.15, 0.2) is 10.1 Å². The van der Waals surface area contributed by atoms with Crippen molar-refractivity contribution in [2.75, 3.05) is 0 Å². The van der Waals surface area contributed by atoms with Crippen molar-refractivity contribution in [2.45, 2.75) is 13.3 Å². The molecule has 0 aliphatic carbocycles. The van der Waals surface area contributed by atoms with Crippen LogP contribution in [0.4, 0.5) is 4.79 Å². The number of carbonyl (C=O) groups is 2. The number of hydrogen-bond donors (Lipinski definition) is 1. The summed E-state index contributed by atoms with van der Waals surface area (Å²) in [6, 6.07) is 0. The van der Waals surface area contributed by atoms with E-state index in [0.29, 0.717) is 0 Å². The van der Waals surface area contributed by atoms with Crippen molar-refractivity contribution in [3.8, 4) is 0 Å². The minimum Gasteiger partial charge on any atom is -0.740 e. The van der Waals surface area contributed by atoms with Gasteiger partial charge in [-0.05, 0) is 0 Å². The fourth-order valence-corrected chi connectivity index (χ4v) is 0.504. The monoisotopic (exact) mass is 203 g/mol. The maximum absolute atomic E-state index is 10.3. The second-order valence-electron chi connectivity index (χ2n) is 1.64. The molecule has 0 bridgehead atoms. The third kappa shape index (κ3) is 5.67. The van der Waals surface area contributed by atoms with Gasteiger partial charge in [-0.2, -0.15) is 0 Å². The zero-order chi connectivity index (χ0) is 9.07. The topological polar surface area (TPSA) is 103 Å². The van der Waals surface area contributed by atoms with E-state index < -0.39 is 21.3 Å². The van der Waals surface area contributed by atoms with E-state index in [0.717, 1.165) is 0 Å². The first-order chi connectivity index (χ1) is 4.88. The van der Waals surface area contributed by atoms with Crippen LogP contribution in [0.2, 0.25) is 0 Å². The van der Waals surface area contributed by atoms with Crippen LogP contribution in [-0.2, 0) is 14.9 Å². The second-order valence-corrected chi connectivity index (χ2v) is 2.92. The molecular formula is C4H6NNaO5S. The summed E-state index contributed by atoms with van der Waals surface area (Å²) in [7, 11) is -5.03. The quantitative estimate of drug-likeness (QED) is 0.347. The number of amides is 2. The van der Waals surface area contributed by atoms with Gasteiger partial charge in [0.05, 0.1) is 0 Å². The Morgan fingerprint density at radius 3 is 2.08 bits per heavy atom. The molecule has 1 N–H and O–H groups in total. The predicted octanol–water partition coefficient (Wildman–Crippen LogP) is -3.82. The molecule has 2 amide bonds. The van der Waals surface area contributed by atoms with Crippen LogP contribution in [0, 0.1) is 0 Å². The molecule has 0 aromatic rings. The Hall–Kier alpha value is 0.0500. The van der Waals surface area contributed by atoms with Gasteiger partial charge in [-0.15, -0.1) is 0 Å². The number of imide groups is 1. The van der Waals surface area contributed by atoms with E-state index in [1.54, 1.807) is 0 Å². The molecule has 0 rings (SSSR count). The van der Waals surface area contributed by atoms with Crippen molar-refractivity contribution in [2.24, 2.45) is 0 Å². The number of rotatable bonds is 1. The Morgan fingerprint density at radius 1 is 1.42 bits per heavy atom. The first-order valence-corrected chi connectivity index (χ1v) is 4.08. The van der Waals surface area contributed by atoms with E-state index in [1.807, 2.05) is 0 Å². The zero-order valence-electron chi connectivity index (χ0n) is 6.66. The summed E-state index contributed by atoms with van der Waals surface area (Å²) in [5, 5.41) is -0.410.